The topological polar surface area (TPSA) is 94.1 Å². The minimum absolute atomic E-state index is 0.0568. The molecule has 0 saturated carbocycles. The Morgan fingerprint density at radius 1 is 1.43 bits per heavy atom. The smallest absolute Gasteiger partial charge is 0.344 e. The van der Waals surface area contributed by atoms with Crippen LogP contribution in [0.4, 0.5) is 0 Å². The zero-order valence-corrected chi connectivity index (χ0v) is 13.2. The number of halogens is 1. The fraction of sp³-hybridized carbons (Fsp3) is 0.429. The number of hydrogen-bond acceptors (Lipinski definition) is 5. The van der Waals surface area contributed by atoms with Gasteiger partial charge in [-0.25, -0.2) is 4.79 Å². The molecule has 0 aliphatic rings. The average molecular weight is 315 g/mol. The molecule has 0 aliphatic carbocycles. The highest BCUT2D eigenvalue weighted by Crippen LogP contribution is 2.30. The zero-order chi connectivity index (χ0) is 16.2. The minimum Gasteiger partial charge on any atom is -0.480 e. The van der Waals surface area contributed by atoms with Crippen LogP contribution in [0.5, 0.6) is 5.75 Å². The second kappa shape index (κ2) is 6.67. The molecule has 3 N–H and O–H groups in total. The first kappa shape index (κ1) is 17.1. The maximum Gasteiger partial charge on any atom is 0.344 e. The summed E-state index contributed by atoms with van der Waals surface area (Å²) in [5.41, 5.74) is 6.05. The molecule has 21 heavy (non-hydrogen) atoms. The summed E-state index contributed by atoms with van der Waals surface area (Å²) in [6.07, 6.45) is 0. The zero-order valence-electron chi connectivity index (χ0n) is 12.4. The lowest BCUT2D eigenvalue weighted by atomic mass is 10.1. The monoisotopic (exact) mass is 314 g/mol. The van der Waals surface area contributed by atoms with Crippen molar-refractivity contribution in [2.75, 3.05) is 6.61 Å². The molecule has 7 heteroatoms. The number of rotatable bonds is 4. The van der Waals surface area contributed by atoms with Gasteiger partial charge in [-0.2, -0.15) is 0 Å². The summed E-state index contributed by atoms with van der Waals surface area (Å²) in [5, 5.41) is 11.8. The number of nitrogens with zero attached hydrogens (tertiary/aromatic N) is 1. The largest absolute Gasteiger partial charge is 0.480 e. The number of benzene rings is 1. The van der Waals surface area contributed by atoms with E-state index in [0.717, 1.165) is 0 Å². The van der Waals surface area contributed by atoms with Gasteiger partial charge in [-0.15, -0.1) is 0 Å². The van der Waals surface area contributed by atoms with Gasteiger partial charge >= 0.3 is 5.97 Å². The molecule has 0 amide bonds. The van der Waals surface area contributed by atoms with Gasteiger partial charge in [0.25, 0.3) is 0 Å². The summed E-state index contributed by atoms with van der Waals surface area (Å²) in [6, 6.07) is 3.14. The molecule has 1 rings (SSSR count). The summed E-state index contributed by atoms with van der Waals surface area (Å²) < 4.78 is 10.5. The molecule has 6 nitrogen and oxygen atoms in total. The van der Waals surface area contributed by atoms with Gasteiger partial charge in [0, 0.05) is 5.56 Å². The quantitative estimate of drug-likeness (QED) is 0.293. The van der Waals surface area contributed by atoms with Crippen LogP contribution in [0.25, 0.3) is 0 Å². The Morgan fingerprint density at radius 2 is 2.05 bits per heavy atom. The molecule has 0 atom stereocenters. The molecule has 0 unspecified atom stereocenters. The van der Waals surface area contributed by atoms with Crippen LogP contribution < -0.4 is 10.5 Å². The lowest BCUT2D eigenvalue weighted by Crippen LogP contribution is -2.27. The Kier molecular flexibility index (Phi) is 5.43. The van der Waals surface area contributed by atoms with Crippen LogP contribution in [0, 0.1) is 6.92 Å². The molecule has 0 bridgehead atoms. The lowest BCUT2D eigenvalue weighted by Gasteiger charge is -2.20. The number of aryl methyl sites for hydroxylation is 1. The van der Waals surface area contributed by atoms with Crippen LogP contribution in [0.3, 0.4) is 0 Å². The minimum atomic E-state index is -0.574. The van der Waals surface area contributed by atoms with Gasteiger partial charge in [0.2, 0.25) is 0 Å². The normalized spacial score (nSPS) is 12.1. The molecule has 0 aromatic heterocycles. The second-order valence-electron chi connectivity index (χ2n) is 5.46. The van der Waals surface area contributed by atoms with Gasteiger partial charge in [-0.1, -0.05) is 16.8 Å². The molecule has 1 aromatic carbocycles. The van der Waals surface area contributed by atoms with E-state index in [1.54, 1.807) is 33.8 Å². The Labute approximate surface area is 128 Å². The molecular formula is C14H19ClN2O4. The van der Waals surface area contributed by atoms with Crippen molar-refractivity contribution in [2.45, 2.75) is 33.3 Å². The van der Waals surface area contributed by atoms with Crippen molar-refractivity contribution >= 4 is 23.4 Å². The second-order valence-corrected chi connectivity index (χ2v) is 5.87. The molecule has 0 spiro atoms. The highest BCUT2D eigenvalue weighted by Gasteiger charge is 2.18. The third kappa shape index (κ3) is 5.15. The predicted octanol–water partition coefficient (Wildman–Crippen LogP) is 2.46. The number of amidine groups is 1. The average Bonchev–Trinajstić information content (AvgIpc) is 2.34. The number of hydrogen-bond donors (Lipinski definition) is 2. The number of nitrogens with two attached hydrogens (primary N) is 1. The lowest BCUT2D eigenvalue weighted by molar-refractivity contribution is -0.157. The van der Waals surface area contributed by atoms with E-state index in [2.05, 4.69) is 5.16 Å². The first-order chi connectivity index (χ1) is 9.64. The molecular weight excluding hydrogens is 296 g/mol. The van der Waals surface area contributed by atoms with Gasteiger partial charge in [-0.05, 0) is 45.4 Å². The summed E-state index contributed by atoms with van der Waals surface area (Å²) >= 11 is 6.08. The summed E-state index contributed by atoms with van der Waals surface area (Å²) in [5.74, 6) is -0.186. The van der Waals surface area contributed by atoms with E-state index in [9.17, 15) is 4.79 Å². The Bertz CT molecular complexity index is 542. The standard InChI is InChI=1S/C14H19ClN2O4/c1-8-5-9(13(16)17-19)6-10(15)12(8)20-7-11(18)21-14(2,3)4/h5-6,19H,7H2,1-4H3,(H2,16,17). The summed E-state index contributed by atoms with van der Waals surface area (Å²) in [4.78, 5) is 11.6. The van der Waals surface area contributed by atoms with Crippen molar-refractivity contribution in [1.29, 1.82) is 0 Å². The SMILES string of the molecule is Cc1cc(/C(N)=N/O)cc(Cl)c1OCC(=O)OC(C)(C)C. The summed E-state index contributed by atoms with van der Waals surface area (Å²) in [7, 11) is 0. The van der Waals surface area contributed by atoms with E-state index >= 15 is 0 Å². The van der Waals surface area contributed by atoms with E-state index in [-0.39, 0.29) is 17.5 Å². The van der Waals surface area contributed by atoms with E-state index in [0.29, 0.717) is 16.9 Å². The van der Waals surface area contributed by atoms with Crippen LogP contribution in [-0.4, -0.2) is 29.2 Å². The number of carbonyl (C=O) groups excluding carboxylic acids is 1. The number of ether oxygens (including phenoxy) is 2. The van der Waals surface area contributed by atoms with Crippen molar-refractivity contribution in [1.82, 2.24) is 0 Å². The Morgan fingerprint density at radius 3 is 2.52 bits per heavy atom. The van der Waals surface area contributed by atoms with Gasteiger partial charge in [0.15, 0.2) is 12.4 Å². The molecule has 0 saturated heterocycles. The van der Waals surface area contributed by atoms with Crippen molar-refractivity contribution in [2.24, 2.45) is 10.9 Å². The maximum absolute atomic E-state index is 11.6. The van der Waals surface area contributed by atoms with Crippen LogP contribution in [0.2, 0.25) is 5.02 Å². The molecule has 0 radical (unpaired) electrons. The third-order valence-electron chi connectivity index (χ3n) is 2.39. The first-order valence-corrected chi connectivity index (χ1v) is 6.64. The number of carbonyl (C=O) groups is 1. The van der Waals surface area contributed by atoms with Crippen LogP contribution >= 0.6 is 11.6 Å². The third-order valence-corrected chi connectivity index (χ3v) is 2.67. The van der Waals surface area contributed by atoms with E-state index < -0.39 is 11.6 Å². The van der Waals surface area contributed by atoms with Crippen molar-refractivity contribution in [3.05, 3.63) is 28.3 Å². The highest BCUT2D eigenvalue weighted by atomic mass is 35.5. The first-order valence-electron chi connectivity index (χ1n) is 6.26. The van der Waals surface area contributed by atoms with Crippen molar-refractivity contribution < 1.29 is 19.5 Å². The van der Waals surface area contributed by atoms with Crippen molar-refractivity contribution in [3.8, 4) is 5.75 Å². The van der Waals surface area contributed by atoms with Crippen molar-refractivity contribution in [3.63, 3.8) is 0 Å². The number of oxime groups is 1. The van der Waals surface area contributed by atoms with Crippen LogP contribution in [0.1, 0.15) is 31.9 Å². The fourth-order valence-electron chi connectivity index (χ4n) is 1.62. The molecule has 0 aliphatic heterocycles. The van der Waals surface area contributed by atoms with E-state index in [1.165, 1.54) is 6.07 Å². The van der Waals surface area contributed by atoms with Crippen LogP contribution in [0.15, 0.2) is 17.3 Å². The molecule has 0 fully saturated rings. The Balaban J connectivity index is 2.84. The van der Waals surface area contributed by atoms with Gasteiger partial charge in [0.05, 0.1) is 5.02 Å². The van der Waals surface area contributed by atoms with E-state index in [1.807, 2.05) is 0 Å². The highest BCUT2D eigenvalue weighted by molar-refractivity contribution is 6.32. The number of esters is 1. The Hall–Kier alpha value is -1.95. The molecule has 1 aromatic rings. The fourth-order valence-corrected chi connectivity index (χ4v) is 1.94. The van der Waals surface area contributed by atoms with Gasteiger partial charge in [0.1, 0.15) is 11.4 Å². The van der Waals surface area contributed by atoms with Gasteiger partial charge < -0.3 is 20.4 Å². The molecule has 0 heterocycles. The molecule has 116 valence electrons. The maximum atomic E-state index is 11.6. The predicted molar refractivity (Wildman–Crippen MR) is 80.0 cm³/mol. The van der Waals surface area contributed by atoms with E-state index in [4.69, 9.17) is 32.0 Å². The summed E-state index contributed by atoms with van der Waals surface area (Å²) in [6.45, 7) is 6.81. The van der Waals surface area contributed by atoms with Crippen LogP contribution in [-0.2, 0) is 9.53 Å². The van der Waals surface area contributed by atoms with Gasteiger partial charge in [-0.3, -0.25) is 0 Å².